The van der Waals surface area contributed by atoms with Gasteiger partial charge in [-0.2, -0.15) is 0 Å². The van der Waals surface area contributed by atoms with Crippen LogP contribution >= 0.6 is 0 Å². The Balaban J connectivity index is 2.30. The summed E-state index contributed by atoms with van der Waals surface area (Å²) in [6.07, 6.45) is 0. The zero-order valence-corrected chi connectivity index (χ0v) is 12.6. The monoisotopic (exact) mass is 300 g/mol. The third-order valence-electron chi connectivity index (χ3n) is 3.69. The van der Waals surface area contributed by atoms with Crippen molar-refractivity contribution in [1.29, 1.82) is 0 Å². The summed E-state index contributed by atoms with van der Waals surface area (Å²) in [5.41, 5.74) is 2.01. The Morgan fingerprint density at radius 3 is 2.45 bits per heavy atom. The van der Waals surface area contributed by atoms with Crippen LogP contribution < -0.4 is 14.2 Å². The Bertz CT molecular complexity index is 764. The second kappa shape index (κ2) is 5.26. The van der Waals surface area contributed by atoms with E-state index in [2.05, 4.69) is 0 Å². The van der Waals surface area contributed by atoms with E-state index in [-0.39, 0.29) is 29.3 Å². The van der Waals surface area contributed by atoms with Crippen molar-refractivity contribution in [1.82, 2.24) is 0 Å². The number of carbonyl (C=O) groups is 1. The number of methoxy groups -OCH3 is 2. The van der Waals surface area contributed by atoms with Crippen LogP contribution in [0.4, 0.5) is 0 Å². The van der Waals surface area contributed by atoms with Gasteiger partial charge in [-0.05, 0) is 30.7 Å². The molecular formula is C17H16O5. The van der Waals surface area contributed by atoms with Crippen molar-refractivity contribution < 1.29 is 24.1 Å². The minimum Gasteiger partial charge on any atom is -0.507 e. The van der Waals surface area contributed by atoms with Gasteiger partial charge in [0.05, 0.1) is 19.8 Å². The molecule has 0 aromatic heterocycles. The Kier molecular flexibility index (Phi) is 3.41. The minimum absolute atomic E-state index is 0.0543. The number of hydrogen-bond donors (Lipinski definition) is 1. The predicted molar refractivity (Wildman–Crippen MR) is 80.2 cm³/mol. The quantitative estimate of drug-likeness (QED) is 0.924. The Morgan fingerprint density at radius 1 is 1.09 bits per heavy atom. The van der Waals surface area contributed by atoms with E-state index in [1.165, 1.54) is 14.2 Å². The van der Waals surface area contributed by atoms with Crippen LogP contribution in [0.15, 0.2) is 24.3 Å². The fourth-order valence-electron chi connectivity index (χ4n) is 2.73. The SMILES string of the molecule is COc1ccc(OC)c2c1OCc1cc(C)cc(O)c1C2=O. The first-order valence-corrected chi connectivity index (χ1v) is 6.81. The highest BCUT2D eigenvalue weighted by Crippen LogP contribution is 2.43. The molecule has 1 heterocycles. The number of ether oxygens (including phenoxy) is 3. The van der Waals surface area contributed by atoms with Crippen LogP contribution in [-0.2, 0) is 6.61 Å². The number of aromatic hydroxyl groups is 1. The third-order valence-corrected chi connectivity index (χ3v) is 3.69. The maximum Gasteiger partial charge on any atom is 0.204 e. The first kappa shape index (κ1) is 14.3. The molecule has 0 atom stereocenters. The van der Waals surface area contributed by atoms with Crippen LogP contribution in [0.25, 0.3) is 0 Å². The molecule has 0 unspecified atom stereocenters. The lowest BCUT2D eigenvalue weighted by atomic mass is 9.95. The van der Waals surface area contributed by atoms with Gasteiger partial charge in [0.2, 0.25) is 5.78 Å². The molecule has 0 saturated carbocycles. The van der Waals surface area contributed by atoms with E-state index in [1.807, 2.05) is 13.0 Å². The minimum atomic E-state index is -0.337. The van der Waals surface area contributed by atoms with E-state index in [9.17, 15) is 9.90 Å². The van der Waals surface area contributed by atoms with E-state index in [0.717, 1.165) is 5.56 Å². The molecule has 5 nitrogen and oxygen atoms in total. The van der Waals surface area contributed by atoms with Crippen molar-refractivity contribution >= 4 is 5.78 Å². The predicted octanol–water partition coefficient (Wildman–Crippen LogP) is 2.84. The molecule has 1 aliphatic heterocycles. The number of phenolic OH excluding ortho intramolecular Hbond substituents is 1. The maximum atomic E-state index is 12.9. The van der Waals surface area contributed by atoms with Gasteiger partial charge in [-0.15, -0.1) is 0 Å². The molecule has 2 aromatic rings. The van der Waals surface area contributed by atoms with Crippen LogP contribution in [-0.4, -0.2) is 25.1 Å². The average Bonchev–Trinajstić information content (AvgIpc) is 2.64. The number of hydrogen-bond acceptors (Lipinski definition) is 5. The van der Waals surface area contributed by atoms with Gasteiger partial charge in [0.1, 0.15) is 23.7 Å². The van der Waals surface area contributed by atoms with Gasteiger partial charge in [0.25, 0.3) is 0 Å². The summed E-state index contributed by atoms with van der Waals surface area (Å²) >= 11 is 0. The van der Waals surface area contributed by atoms with Crippen LogP contribution in [0.2, 0.25) is 0 Å². The van der Waals surface area contributed by atoms with Crippen LogP contribution in [0.5, 0.6) is 23.0 Å². The van der Waals surface area contributed by atoms with E-state index >= 15 is 0 Å². The lowest BCUT2D eigenvalue weighted by molar-refractivity contribution is 0.103. The van der Waals surface area contributed by atoms with Crippen LogP contribution in [0.3, 0.4) is 0 Å². The molecule has 0 bridgehead atoms. The lowest BCUT2D eigenvalue weighted by Crippen LogP contribution is -2.06. The highest BCUT2D eigenvalue weighted by Gasteiger charge is 2.30. The summed E-state index contributed by atoms with van der Waals surface area (Å²) < 4.78 is 16.3. The fourth-order valence-corrected chi connectivity index (χ4v) is 2.73. The normalized spacial score (nSPS) is 12.8. The molecule has 0 radical (unpaired) electrons. The Hall–Kier alpha value is -2.69. The van der Waals surface area contributed by atoms with E-state index < -0.39 is 0 Å². The van der Waals surface area contributed by atoms with Gasteiger partial charge in [-0.25, -0.2) is 0 Å². The second-order valence-electron chi connectivity index (χ2n) is 5.11. The smallest absolute Gasteiger partial charge is 0.204 e. The number of benzene rings is 2. The molecule has 0 fully saturated rings. The average molecular weight is 300 g/mol. The number of aryl methyl sites for hydroxylation is 1. The largest absolute Gasteiger partial charge is 0.507 e. The van der Waals surface area contributed by atoms with Crippen LogP contribution in [0, 0.1) is 6.92 Å². The molecule has 22 heavy (non-hydrogen) atoms. The first-order chi connectivity index (χ1) is 10.6. The number of phenols is 1. The number of fused-ring (bicyclic) bond motifs is 2. The van der Waals surface area contributed by atoms with Crippen LogP contribution in [0.1, 0.15) is 27.0 Å². The Morgan fingerprint density at radius 2 is 1.77 bits per heavy atom. The molecule has 1 aliphatic rings. The zero-order valence-electron chi connectivity index (χ0n) is 12.6. The molecular weight excluding hydrogens is 284 g/mol. The summed E-state index contributed by atoms with van der Waals surface area (Å²) in [6.45, 7) is 2.02. The van der Waals surface area contributed by atoms with E-state index in [4.69, 9.17) is 14.2 Å². The molecule has 0 spiro atoms. The van der Waals surface area contributed by atoms with Crippen molar-refractivity contribution in [2.24, 2.45) is 0 Å². The second-order valence-corrected chi connectivity index (χ2v) is 5.11. The Labute approximate surface area is 128 Å². The van der Waals surface area contributed by atoms with Crippen molar-refractivity contribution in [2.45, 2.75) is 13.5 Å². The van der Waals surface area contributed by atoms with Gasteiger partial charge in [0, 0.05) is 5.56 Å². The molecule has 5 heteroatoms. The van der Waals surface area contributed by atoms with Crippen molar-refractivity contribution in [3.63, 3.8) is 0 Å². The third kappa shape index (κ3) is 2.06. The van der Waals surface area contributed by atoms with Crippen molar-refractivity contribution in [3.8, 4) is 23.0 Å². The van der Waals surface area contributed by atoms with Gasteiger partial charge in [0.15, 0.2) is 11.5 Å². The first-order valence-electron chi connectivity index (χ1n) is 6.81. The summed E-state index contributed by atoms with van der Waals surface area (Å²) in [4.78, 5) is 12.9. The van der Waals surface area contributed by atoms with Gasteiger partial charge in [-0.1, -0.05) is 6.07 Å². The molecule has 2 aromatic carbocycles. The highest BCUT2D eigenvalue weighted by atomic mass is 16.5. The fraction of sp³-hybridized carbons (Fsp3) is 0.235. The summed E-state index contributed by atoms with van der Waals surface area (Å²) in [5, 5.41) is 10.2. The van der Waals surface area contributed by atoms with E-state index in [1.54, 1.807) is 18.2 Å². The van der Waals surface area contributed by atoms with Gasteiger partial charge < -0.3 is 19.3 Å². The van der Waals surface area contributed by atoms with Gasteiger partial charge >= 0.3 is 0 Å². The standard InChI is InChI=1S/C17H16O5/c1-9-6-10-8-22-17-13(21-3)5-4-12(20-2)15(17)16(19)14(10)11(18)7-9/h4-7,18H,8H2,1-3H3. The summed E-state index contributed by atoms with van der Waals surface area (Å²) in [7, 11) is 2.99. The van der Waals surface area contributed by atoms with Crippen molar-refractivity contribution in [2.75, 3.05) is 14.2 Å². The number of ketones is 1. The van der Waals surface area contributed by atoms with Crippen molar-refractivity contribution in [3.05, 3.63) is 46.5 Å². The topological polar surface area (TPSA) is 65.0 Å². The lowest BCUT2D eigenvalue weighted by Gasteiger charge is -2.14. The van der Waals surface area contributed by atoms with Gasteiger partial charge in [-0.3, -0.25) is 4.79 Å². The zero-order chi connectivity index (χ0) is 15.9. The number of rotatable bonds is 2. The van der Waals surface area contributed by atoms with E-state index in [0.29, 0.717) is 22.8 Å². The molecule has 0 aliphatic carbocycles. The molecule has 0 amide bonds. The molecule has 1 N–H and O–H groups in total. The molecule has 114 valence electrons. The maximum absolute atomic E-state index is 12.9. The molecule has 0 saturated heterocycles. The highest BCUT2D eigenvalue weighted by molar-refractivity contribution is 6.15. The summed E-state index contributed by atoms with van der Waals surface area (Å²) in [6, 6.07) is 6.73. The number of carbonyl (C=O) groups excluding carboxylic acids is 1. The molecule has 3 rings (SSSR count). The summed E-state index contributed by atoms with van der Waals surface area (Å²) in [5.74, 6) is 0.777.